The van der Waals surface area contributed by atoms with Gasteiger partial charge in [-0.15, -0.1) is 11.3 Å². The quantitative estimate of drug-likeness (QED) is 0.0864. The van der Waals surface area contributed by atoms with Crippen molar-refractivity contribution in [1.29, 1.82) is 5.26 Å². The van der Waals surface area contributed by atoms with Crippen LogP contribution in [0.25, 0.3) is 16.3 Å². The molecule has 0 spiro atoms. The van der Waals surface area contributed by atoms with Crippen LogP contribution >= 0.6 is 23.1 Å². The average molecular weight is 578 g/mol. The van der Waals surface area contributed by atoms with Gasteiger partial charge in [0.25, 0.3) is 17.5 Å². The number of aromatic nitrogens is 1. The molecule has 200 valence electrons. The van der Waals surface area contributed by atoms with Gasteiger partial charge in [0, 0.05) is 23.0 Å². The van der Waals surface area contributed by atoms with Gasteiger partial charge in [-0.1, -0.05) is 54.2 Å². The van der Waals surface area contributed by atoms with Crippen LogP contribution in [-0.4, -0.2) is 21.7 Å². The van der Waals surface area contributed by atoms with Crippen LogP contribution in [0, 0.1) is 21.4 Å². The third-order valence-corrected chi connectivity index (χ3v) is 7.89. The molecule has 2 N–H and O–H groups in total. The summed E-state index contributed by atoms with van der Waals surface area (Å²) in [5.74, 6) is -0.848. The Bertz CT molecular complexity index is 1850. The minimum atomic E-state index is -0.617. The Kier molecular flexibility index (Phi) is 8.15. The molecule has 9 nitrogen and oxygen atoms in total. The number of carbonyl (C=O) groups excluding carboxylic acids is 2. The van der Waals surface area contributed by atoms with Crippen molar-refractivity contribution < 1.29 is 14.5 Å². The average Bonchev–Trinajstić information content (AvgIpc) is 3.39. The lowest BCUT2D eigenvalue weighted by Gasteiger charge is -2.05. The molecule has 1 aromatic heterocycles. The molecular formula is C30H19N5O4S2. The van der Waals surface area contributed by atoms with Gasteiger partial charge in [0.2, 0.25) is 0 Å². The number of nitriles is 1. The molecule has 1 heterocycles. The summed E-state index contributed by atoms with van der Waals surface area (Å²) in [6.45, 7) is 0. The first kappa shape index (κ1) is 27.3. The molecule has 0 radical (unpaired) electrons. The molecule has 0 atom stereocenters. The second-order valence-corrected chi connectivity index (χ2v) is 10.9. The van der Waals surface area contributed by atoms with E-state index in [9.17, 15) is 25.0 Å². The minimum absolute atomic E-state index is 0.181. The van der Waals surface area contributed by atoms with E-state index in [1.807, 2.05) is 18.2 Å². The lowest BCUT2D eigenvalue weighted by atomic mass is 10.1. The van der Waals surface area contributed by atoms with Crippen LogP contribution in [-0.2, 0) is 4.79 Å². The van der Waals surface area contributed by atoms with Crippen molar-refractivity contribution >= 4 is 68.3 Å². The molecular weight excluding hydrogens is 558 g/mol. The van der Waals surface area contributed by atoms with Crippen molar-refractivity contribution in [2.24, 2.45) is 0 Å². The molecule has 11 heteroatoms. The lowest BCUT2D eigenvalue weighted by Crippen LogP contribution is -2.13. The maximum Gasteiger partial charge on any atom is 0.283 e. The van der Waals surface area contributed by atoms with Crippen molar-refractivity contribution in [3.63, 3.8) is 0 Å². The van der Waals surface area contributed by atoms with Gasteiger partial charge < -0.3 is 10.6 Å². The highest BCUT2D eigenvalue weighted by molar-refractivity contribution is 8.01. The van der Waals surface area contributed by atoms with Crippen LogP contribution < -0.4 is 10.6 Å². The second kappa shape index (κ2) is 12.3. The SMILES string of the molecule is N#C/C(=C\c1ccc(Sc2nc3ccc(NC(=O)c4ccccc4)cc3s2)c([N+](=O)[O-])c1)C(=O)Nc1ccccc1. The molecule has 5 rings (SSSR count). The molecule has 0 saturated carbocycles. The van der Waals surface area contributed by atoms with E-state index in [0.29, 0.717) is 37.3 Å². The summed E-state index contributed by atoms with van der Waals surface area (Å²) >= 11 is 2.48. The Labute approximate surface area is 242 Å². The van der Waals surface area contributed by atoms with E-state index < -0.39 is 10.8 Å². The molecule has 41 heavy (non-hydrogen) atoms. The van der Waals surface area contributed by atoms with Gasteiger partial charge in [0.05, 0.1) is 20.0 Å². The molecule has 0 fully saturated rings. The monoisotopic (exact) mass is 577 g/mol. The van der Waals surface area contributed by atoms with Crippen molar-refractivity contribution in [3.8, 4) is 6.07 Å². The standard InChI is InChI=1S/C30H19N5O4S2/c31-18-21(29(37)32-22-9-5-2-6-10-22)15-19-11-14-26(25(16-19)35(38)39)40-30-34-24-13-12-23(17-27(24)41-30)33-28(36)20-7-3-1-4-8-20/h1-17H,(H,32,37)(H,33,36)/b21-15+. The fourth-order valence-electron chi connectivity index (χ4n) is 3.80. The lowest BCUT2D eigenvalue weighted by molar-refractivity contribution is -0.387. The van der Waals surface area contributed by atoms with Crippen LogP contribution in [0.3, 0.4) is 0 Å². The molecule has 0 unspecified atom stereocenters. The number of nitro groups is 1. The second-order valence-electron chi connectivity index (χ2n) is 8.56. The minimum Gasteiger partial charge on any atom is -0.322 e. The zero-order valence-corrected chi connectivity index (χ0v) is 22.7. The number of thiazole rings is 1. The van der Waals surface area contributed by atoms with Crippen molar-refractivity contribution in [2.75, 3.05) is 10.6 Å². The number of anilines is 2. The van der Waals surface area contributed by atoms with Crippen LogP contribution in [0.15, 0.2) is 112 Å². The molecule has 5 aromatic rings. The highest BCUT2D eigenvalue weighted by atomic mass is 32.2. The Morgan fingerprint density at radius 1 is 0.927 bits per heavy atom. The molecule has 0 bridgehead atoms. The highest BCUT2D eigenvalue weighted by Gasteiger charge is 2.19. The Morgan fingerprint density at radius 2 is 1.66 bits per heavy atom. The van der Waals surface area contributed by atoms with Gasteiger partial charge in [-0.3, -0.25) is 19.7 Å². The Balaban J connectivity index is 1.35. The zero-order chi connectivity index (χ0) is 28.8. The predicted octanol–water partition coefficient (Wildman–Crippen LogP) is 7.15. The summed E-state index contributed by atoms with van der Waals surface area (Å²) < 4.78 is 1.39. The first-order valence-electron chi connectivity index (χ1n) is 12.1. The van der Waals surface area contributed by atoms with E-state index in [4.69, 9.17) is 0 Å². The largest absolute Gasteiger partial charge is 0.322 e. The number of benzene rings is 4. The number of hydrogen-bond donors (Lipinski definition) is 2. The summed E-state index contributed by atoms with van der Waals surface area (Å²) in [7, 11) is 0. The van der Waals surface area contributed by atoms with Gasteiger partial charge in [0.15, 0.2) is 4.34 Å². The number of carbonyl (C=O) groups is 2. The molecule has 0 saturated heterocycles. The summed E-state index contributed by atoms with van der Waals surface area (Å²) in [6.07, 6.45) is 1.31. The van der Waals surface area contributed by atoms with Crippen LogP contribution in [0.5, 0.6) is 0 Å². The molecule has 0 aliphatic rings. The predicted molar refractivity (Wildman–Crippen MR) is 160 cm³/mol. The smallest absolute Gasteiger partial charge is 0.283 e. The number of nitrogens with one attached hydrogen (secondary N) is 2. The highest BCUT2D eigenvalue weighted by Crippen LogP contribution is 2.39. The van der Waals surface area contributed by atoms with Crippen molar-refractivity contribution in [1.82, 2.24) is 4.98 Å². The van der Waals surface area contributed by atoms with E-state index in [2.05, 4.69) is 15.6 Å². The van der Waals surface area contributed by atoms with E-state index in [1.165, 1.54) is 23.5 Å². The van der Waals surface area contributed by atoms with E-state index in [1.54, 1.807) is 78.9 Å². The van der Waals surface area contributed by atoms with E-state index in [-0.39, 0.29) is 17.2 Å². The Morgan fingerprint density at radius 3 is 2.37 bits per heavy atom. The number of hydrogen-bond acceptors (Lipinski definition) is 8. The normalized spacial score (nSPS) is 11.0. The summed E-state index contributed by atoms with van der Waals surface area (Å²) in [5, 5.41) is 26.9. The maximum atomic E-state index is 12.5. The zero-order valence-electron chi connectivity index (χ0n) is 21.1. The van der Waals surface area contributed by atoms with Crippen molar-refractivity contribution in [2.45, 2.75) is 9.24 Å². The first-order chi connectivity index (χ1) is 19.9. The fourth-order valence-corrected chi connectivity index (χ4v) is 5.95. The van der Waals surface area contributed by atoms with E-state index >= 15 is 0 Å². The molecule has 0 aliphatic heterocycles. The third kappa shape index (κ3) is 6.65. The molecule has 0 aliphatic carbocycles. The summed E-state index contributed by atoms with van der Waals surface area (Å²) in [4.78, 5) is 41.4. The number of amides is 2. The topological polar surface area (TPSA) is 138 Å². The van der Waals surface area contributed by atoms with Crippen molar-refractivity contribution in [3.05, 3.63) is 124 Å². The summed E-state index contributed by atoms with van der Waals surface area (Å²) in [5.41, 5.74) is 2.34. The van der Waals surface area contributed by atoms with Crippen LogP contribution in [0.2, 0.25) is 0 Å². The van der Waals surface area contributed by atoms with Gasteiger partial charge in [-0.25, -0.2) is 4.98 Å². The third-order valence-electron chi connectivity index (χ3n) is 5.75. The number of rotatable bonds is 8. The number of nitro benzene ring substituents is 1. The van der Waals surface area contributed by atoms with Crippen LogP contribution in [0.4, 0.5) is 17.1 Å². The van der Waals surface area contributed by atoms with Gasteiger partial charge in [-0.05, 0) is 60.2 Å². The molecule has 4 aromatic carbocycles. The van der Waals surface area contributed by atoms with Gasteiger partial charge in [-0.2, -0.15) is 5.26 Å². The fraction of sp³-hybridized carbons (Fsp3) is 0. The van der Waals surface area contributed by atoms with E-state index in [0.717, 1.165) is 16.5 Å². The van der Waals surface area contributed by atoms with Gasteiger partial charge in [0.1, 0.15) is 11.6 Å². The molecule has 2 amide bonds. The number of para-hydroxylation sites is 1. The number of fused-ring (bicyclic) bond motifs is 1. The van der Waals surface area contributed by atoms with Crippen LogP contribution in [0.1, 0.15) is 15.9 Å². The maximum absolute atomic E-state index is 12.5. The summed E-state index contributed by atoms with van der Waals surface area (Å²) in [6, 6.07) is 29.2. The van der Waals surface area contributed by atoms with Gasteiger partial charge >= 0.3 is 0 Å². The first-order valence-corrected chi connectivity index (χ1v) is 13.7. The number of nitrogens with zero attached hydrogens (tertiary/aromatic N) is 3. The Hall–Kier alpha value is -5.31.